The van der Waals surface area contributed by atoms with Gasteiger partial charge in [-0.1, -0.05) is 11.6 Å². The molecule has 1 fully saturated rings. The van der Waals surface area contributed by atoms with Gasteiger partial charge in [-0.2, -0.15) is 13.0 Å². The maximum Gasteiger partial charge on any atom is 0.490 e. The smallest absolute Gasteiger partial charge is 0.385 e. The lowest BCUT2D eigenvalue weighted by atomic mass is 10.1. The van der Waals surface area contributed by atoms with Crippen LogP contribution in [-0.2, 0) is 31.6 Å². The fourth-order valence-corrected chi connectivity index (χ4v) is 5.54. The molecule has 6 N–H and O–H groups in total. The third kappa shape index (κ3) is 6.58. The van der Waals surface area contributed by atoms with Crippen LogP contribution >= 0.6 is 35.1 Å². The van der Waals surface area contributed by atoms with Crippen LogP contribution in [0.5, 0.6) is 0 Å². The zero-order valence-electron chi connectivity index (χ0n) is 14.3. The molecule has 0 amide bonds. The zero-order valence-corrected chi connectivity index (χ0v) is 17.8. The van der Waals surface area contributed by atoms with Crippen molar-refractivity contribution in [2.24, 2.45) is 0 Å². The second-order valence-corrected chi connectivity index (χ2v) is 10.7. The van der Waals surface area contributed by atoms with E-state index >= 15 is 0 Å². The minimum absolute atomic E-state index is 0.123. The molecule has 0 aromatic carbocycles. The van der Waals surface area contributed by atoms with Gasteiger partial charge in [-0.15, -0.1) is 0 Å². The Morgan fingerprint density at radius 2 is 1.77 bits per heavy atom. The largest absolute Gasteiger partial charge is 0.490 e. The summed E-state index contributed by atoms with van der Waals surface area (Å²) in [6.45, 7) is -1.32. The third-order valence-corrected chi connectivity index (χ3v) is 7.59. The number of aliphatic hydroxyl groups is 1. The Balaban J connectivity index is 2.17. The van der Waals surface area contributed by atoms with Gasteiger partial charge in [0.2, 0.25) is 5.82 Å². The molecule has 2 unspecified atom stereocenters. The number of H-pyrrole nitrogens is 1. The highest BCUT2D eigenvalue weighted by Crippen LogP contribution is 2.66. The molecule has 2 rings (SSSR count). The van der Waals surface area contributed by atoms with E-state index in [4.69, 9.17) is 31.0 Å². The first-order valence-electron chi connectivity index (χ1n) is 7.35. The molecule has 0 aliphatic carbocycles. The molecule has 0 spiro atoms. The SMILES string of the molecule is O=c1[nH]c(=O)n([C@@H]2O[C@H](COP(=O)(O)OP(=O)(O)OP(=O)(O)O)[C@@H](O)[C@@]2(F)Cl)cc1F. The lowest BCUT2D eigenvalue weighted by Gasteiger charge is -2.22. The molecule has 6 atom stereocenters. The minimum atomic E-state index is -5.84. The molecule has 0 saturated carbocycles. The number of aromatic nitrogens is 2. The van der Waals surface area contributed by atoms with Gasteiger partial charge in [-0.25, -0.2) is 22.9 Å². The van der Waals surface area contributed by atoms with E-state index in [-0.39, 0.29) is 10.8 Å². The van der Waals surface area contributed by atoms with E-state index in [9.17, 15) is 42.1 Å². The van der Waals surface area contributed by atoms with Crippen molar-refractivity contribution in [3.8, 4) is 0 Å². The lowest BCUT2D eigenvalue weighted by molar-refractivity contribution is -0.0513. The quantitative estimate of drug-likeness (QED) is 0.175. The molecule has 1 saturated heterocycles. The van der Waals surface area contributed by atoms with E-state index in [1.54, 1.807) is 0 Å². The van der Waals surface area contributed by atoms with Gasteiger partial charge in [0, 0.05) is 0 Å². The number of nitrogens with one attached hydrogen (secondary N) is 1. The first-order chi connectivity index (χ1) is 13.8. The highest BCUT2D eigenvalue weighted by molar-refractivity contribution is 7.66. The molecule has 1 aliphatic rings. The molecule has 31 heavy (non-hydrogen) atoms. The van der Waals surface area contributed by atoms with Crippen molar-refractivity contribution < 1.29 is 65.0 Å². The first-order valence-corrected chi connectivity index (χ1v) is 12.3. The summed E-state index contributed by atoms with van der Waals surface area (Å²) in [6.07, 6.45) is -6.50. The zero-order chi connectivity index (χ0) is 24.0. The van der Waals surface area contributed by atoms with Crippen LogP contribution < -0.4 is 11.2 Å². The normalized spacial score (nSPS) is 30.6. The second-order valence-electron chi connectivity index (χ2n) is 5.68. The number of ether oxygens (including phenoxy) is 1. The number of aliphatic hydroxyl groups excluding tert-OH is 1. The molecule has 178 valence electrons. The molecule has 16 nitrogen and oxygen atoms in total. The number of alkyl halides is 2. The van der Waals surface area contributed by atoms with E-state index in [1.807, 2.05) is 0 Å². The molecule has 1 aromatic rings. The fraction of sp³-hybridized carbons (Fsp3) is 0.556. The molecule has 1 aromatic heterocycles. The van der Waals surface area contributed by atoms with Crippen LogP contribution in [-0.4, -0.2) is 58.2 Å². The number of phosphoric ester groups is 1. The van der Waals surface area contributed by atoms with Crippen molar-refractivity contribution in [2.75, 3.05) is 6.61 Å². The van der Waals surface area contributed by atoms with Gasteiger partial charge in [0.25, 0.3) is 10.7 Å². The van der Waals surface area contributed by atoms with Crippen LogP contribution in [0, 0.1) is 5.82 Å². The van der Waals surface area contributed by atoms with Gasteiger partial charge >= 0.3 is 29.2 Å². The molecule has 1 aliphatic heterocycles. The summed E-state index contributed by atoms with van der Waals surface area (Å²) < 4.78 is 77.6. The van der Waals surface area contributed by atoms with Crippen LogP contribution in [0.2, 0.25) is 0 Å². The fourth-order valence-electron chi connectivity index (χ4n) is 2.21. The average molecular weight is 539 g/mol. The molecule has 0 radical (unpaired) electrons. The summed E-state index contributed by atoms with van der Waals surface area (Å²) in [5.41, 5.74) is -2.86. The van der Waals surface area contributed by atoms with Gasteiger partial charge < -0.3 is 29.4 Å². The molecular weight excluding hydrogens is 526 g/mol. The molecule has 2 heterocycles. The number of hydrogen-bond donors (Lipinski definition) is 6. The molecule has 22 heteroatoms. The predicted molar refractivity (Wildman–Crippen MR) is 90.7 cm³/mol. The van der Waals surface area contributed by atoms with Crippen molar-refractivity contribution in [3.63, 3.8) is 0 Å². The summed E-state index contributed by atoms with van der Waals surface area (Å²) in [5.74, 6) is -1.55. The summed E-state index contributed by atoms with van der Waals surface area (Å²) in [4.78, 5) is 59.5. The van der Waals surface area contributed by atoms with Gasteiger partial charge in [0.1, 0.15) is 12.2 Å². The van der Waals surface area contributed by atoms with Crippen molar-refractivity contribution in [3.05, 3.63) is 32.9 Å². The molecule has 0 bridgehead atoms. The van der Waals surface area contributed by atoms with Gasteiger partial charge in [-0.05, 0) is 0 Å². The van der Waals surface area contributed by atoms with Crippen molar-refractivity contribution in [2.45, 2.75) is 23.6 Å². The summed E-state index contributed by atoms with van der Waals surface area (Å²) in [7, 11) is -17.1. The first kappa shape index (κ1) is 26.4. The van der Waals surface area contributed by atoms with Gasteiger partial charge in [-0.3, -0.25) is 18.9 Å². The standard InChI is InChI=1S/C9H12ClF2N2O14P3/c10-9(12)5(15)4(26-7(9)14-1-3(11)6(16)13-8(14)17)2-25-30(21,22)28-31(23,24)27-29(18,19)20/h1,4-5,7,15H,2H2,(H,21,22)(H,23,24)(H,13,16,17)(H2,18,19,20)/t4-,5-,7-,9+/m1/s1. The summed E-state index contributed by atoms with van der Waals surface area (Å²) in [5, 5.41) is 6.53. The number of nitrogens with zero attached hydrogens (tertiary/aromatic N) is 1. The average Bonchev–Trinajstić information content (AvgIpc) is 2.76. The van der Waals surface area contributed by atoms with Crippen molar-refractivity contribution in [1.29, 1.82) is 0 Å². The number of hydrogen-bond acceptors (Lipinski definition) is 10. The monoisotopic (exact) mass is 538 g/mol. The van der Waals surface area contributed by atoms with E-state index in [0.717, 1.165) is 0 Å². The number of phosphoric acid groups is 3. The maximum atomic E-state index is 14.7. The van der Waals surface area contributed by atoms with E-state index in [2.05, 4.69) is 13.1 Å². The Bertz CT molecular complexity index is 1100. The molecular formula is C9H12ClF2N2O14P3. The third-order valence-electron chi connectivity index (χ3n) is 3.37. The van der Waals surface area contributed by atoms with Gasteiger partial charge in [0.05, 0.1) is 12.8 Å². The van der Waals surface area contributed by atoms with Crippen LogP contribution in [0.3, 0.4) is 0 Å². The van der Waals surface area contributed by atoms with Crippen LogP contribution in [0.15, 0.2) is 15.8 Å². The van der Waals surface area contributed by atoms with Crippen molar-refractivity contribution >= 4 is 35.1 Å². The lowest BCUT2D eigenvalue weighted by Crippen LogP contribution is -2.42. The van der Waals surface area contributed by atoms with E-state index in [1.165, 1.54) is 4.98 Å². The summed E-state index contributed by atoms with van der Waals surface area (Å²) >= 11 is 5.48. The Morgan fingerprint density at radius 3 is 2.32 bits per heavy atom. The second kappa shape index (κ2) is 8.83. The number of rotatable bonds is 8. The maximum absolute atomic E-state index is 14.7. The Kier molecular flexibility index (Phi) is 7.53. The predicted octanol–water partition coefficient (Wildman–Crippen LogP) is -0.818. The van der Waals surface area contributed by atoms with Crippen molar-refractivity contribution in [1.82, 2.24) is 9.55 Å². The minimum Gasteiger partial charge on any atom is -0.385 e. The topological polar surface area (TPSA) is 244 Å². The number of halogens is 3. The van der Waals surface area contributed by atoms with E-state index < -0.39 is 70.7 Å². The van der Waals surface area contributed by atoms with Crippen LogP contribution in [0.4, 0.5) is 8.78 Å². The van der Waals surface area contributed by atoms with E-state index in [0.29, 0.717) is 0 Å². The highest BCUT2D eigenvalue weighted by atomic mass is 35.5. The Labute approximate surface area is 173 Å². The number of aromatic amines is 1. The Morgan fingerprint density at radius 1 is 1.19 bits per heavy atom. The highest BCUT2D eigenvalue weighted by Gasteiger charge is 2.58. The summed E-state index contributed by atoms with van der Waals surface area (Å²) in [6, 6.07) is 0. The van der Waals surface area contributed by atoms with Crippen LogP contribution in [0.25, 0.3) is 0 Å². The Hall–Kier alpha value is -0.840. The van der Waals surface area contributed by atoms with Gasteiger partial charge in [0.15, 0.2) is 6.23 Å². The van der Waals surface area contributed by atoms with Crippen LogP contribution in [0.1, 0.15) is 6.23 Å².